The number of furan rings is 1. The van der Waals surface area contributed by atoms with Crippen LogP contribution >= 0.6 is 0 Å². The van der Waals surface area contributed by atoms with Crippen LogP contribution in [-0.4, -0.2) is 11.0 Å². The minimum absolute atomic E-state index is 0.174. The Balaban J connectivity index is 1.95. The second-order valence-corrected chi connectivity index (χ2v) is 5.44. The number of pyridine rings is 1. The van der Waals surface area contributed by atoms with Crippen molar-refractivity contribution in [3.8, 4) is 0 Å². The Labute approximate surface area is 128 Å². The summed E-state index contributed by atoms with van der Waals surface area (Å²) in [4.78, 5) is 26.5. The summed E-state index contributed by atoms with van der Waals surface area (Å²) in [5.41, 5.74) is 2.04. The summed E-state index contributed by atoms with van der Waals surface area (Å²) >= 11 is 0. The number of H-pyrrole nitrogens is 1. The number of urea groups is 1. The molecule has 0 aliphatic heterocycles. The quantitative estimate of drug-likeness (QED) is 0.810. The molecule has 0 bridgehead atoms. The van der Waals surface area contributed by atoms with Crippen LogP contribution in [0.15, 0.2) is 27.4 Å². The molecule has 0 radical (unpaired) electrons. The molecule has 0 aromatic carbocycles. The van der Waals surface area contributed by atoms with Crippen LogP contribution in [0.4, 0.5) is 4.79 Å². The second-order valence-electron chi connectivity index (χ2n) is 5.44. The van der Waals surface area contributed by atoms with Crippen LogP contribution < -0.4 is 16.2 Å². The van der Waals surface area contributed by atoms with Gasteiger partial charge in [0.15, 0.2) is 0 Å². The van der Waals surface area contributed by atoms with E-state index in [1.165, 1.54) is 0 Å². The van der Waals surface area contributed by atoms with E-state index < -0.39 is 0 Å². The first kappa shape index (κ1) is 15.9. The molecule has 0 unspecified atom stereocenters. The standard InChI is InChI=1S/C16H21N3O3/c1-9-7-10(2)18-15(20)13(9)8-17-16(21)19-12(4)14-6-5-11(3)22-14/h5-7,12H,8H2,1-4H3,(H,18,20)(H2,17,19,21)/t12-/m1/s1. The number of hydrogen-bond acceptors (Lipinski definition) is 3. The average Bonchev–Trinajstić information content (AvgIpc) is 2.84. The molecule has 0 saturated heterocycles. The molecule has 2 amide bonds. The number of nitrogens with one attached hydrogen (secondary N) is 3. The van der Waals surface area contributed by atoms with Gasteiger partial charge in [0.05, 0.1) is 12.6 Å². The van der Waals surface area contributed by atoms with E-state index in [0.29, 0.717) is 11.3 Å². The van der Waals surface area contributed by atoms with Gasteiger partial charge in [-0.05, 0) is 51.5 Å². The fourth-order valence-corrected chi connectivity index (χ4v) is 2.27. The van der Waals surface area contributed by atoms with Crippen LogP contribution in [0.5, 0.6) is 0 Å². The zero-order valence-corrected chi connectivity index (χ0v) is 13.2. The first-order valence-electron chi connectivity index (χ1n) is 7.17. The van der Waals surface area contributed by atoms with Crippen LogP contribution in [0.25, 0.3) is 0 Å². The fraction of sp³-hybridized carbons (Fsp3) is 0.375. The van der Waals surface area contributed by atoms with E-state index in [2.05, 4.69) is 15.6 Å². The van der Waals surface area contributed by atoms with Crippen LogP contribution in [0, 0.1) is 20.8 Å². The maximum Gasteiger partial charge on any atom is 0.315 e. The Kier molecular flexibility index (Phi) is 4.70. The van der Waals surface area contributed by atoms with Crippen molar-refractivity contribution in [3.63, 3.8) is 0 Å². The SMILES string of the molecule is Cc1cc(C)c(CNC(=O)N[C@H](C)c2ccc(C)o2)c(=O)[nH]1. The summed E-state index contributed by atoms with van der Waals surface area (Å²) < 4.78 is 5.46. The Morgan fingerprint density at radius 3 is 2.64 bits per heavy atom. The maximum absolute atomic E-state index is 11.9. The Hall–Kier alpha value is -2.50. The fourth-order valence-electron chi connectivity index (χ4n) is 2.27. The highest BCUT2D eigenvalue weighted by molar-refractivity contribution is 5.74. The number of carbonyl (C=O) groups excluding carboxylic acids is 1. The smallest absolute Gasteiger partial charge is 0.315 e. The Bertz CT molecular complexity index is 730. The van der Waals surface area contributed by atoms with Gasteiger partial charge in [-0.25, -0.2) is 4.79 Å². The van der Waals surface area contributed by atoms with Gasteiger partial charge >= 0.3 is 6.03 Å². The lowest BCUT2D eigenvalue weighted by Gasteiger charge is -2.13. The molecule has 2 aromatic heterocycles. The van der Waals surface area contributed by atoms with E-state index >= 15 is 0 Å². The molecule has 0 saturated carbocycles. The van der Waals surface area contributed by atoms with E-state index in [-0.39, 0.29) is 24.2 Å². The van der Waals surface area contributed by atoms with E-state index in [1.54, 1.807) is 0 Å². The highest BCUT2D eigenvalue weighted by atomic mass is 16.3. The summed E-state index contributed by atoms with van der Waals surface area (Å²) in [5, 5.41) is 5.47. The molecule has 3 N–H and O–H groups in total. The largest absolute Gasteiger partial charge is 0.464 e. The molecule has 118 valence electrons. The maximum atomic E-state index is 11.9. The van der Waals surface area contributed by atoms with Gasteiger partial charge in [-0.3, -0.25) is 4.79 Å². The molecule has 2 rings (SSSR count). The molecule has 6 heteroatoms. The Morgan fingerprint density at radius 1 is 1.32 bits per heavy atom. The third-order valence-corrected chi connectivity index (χ3v) is 3.46. The van der Waals surface area contributed by atoms with Crippen molar-refractivity contribution in [2.75, 3.05) is 0 Å². The van der Waals surface area contributed by atoms with Crippen molar-refractivity contribution in [1.82, 2.24) is 15.6 Å². The van der Waals surface area contributed by atoms with Gasteiger partial charge in [0.25, 0.3) is 5.56 Å². The molecule has 2 heterocycles. The highest BCUT2D eigenvalue weighted by Crippen LogP contribution is 2.15. The first-order chi connectivity index (χ1) is 10.4. The molecule has 1 atom stereocenters. The average molecular weight is 303 g/mol. The van der Waals surface area contributed by atoms with E-state index in [0.717, 1.165) is 17.0 Å². The van der Waals surface area contributed by atoms with Crippen molar-refractivity contribution in [2.24, 2.45) is 0 Å². The molecule has 0 fully saturated rings. The summed E-state index contributed by atoms with van der Waals surface area (Å²) in [7, 11) is 0. The van der Waals surface area contributed by atoms with Crippen LogP contribution in [0.2, 0.25) is 0 Å². The van der Waals surface area contributed by atoms with Crippen molar-refractivity contribution in [1.29, 1.82) is 0 Å². The number of aromatic amines is 1. The number of aryl methyl sites for hydroxylation is 3. The second kappa shape index (κ2) is 6.51. The molecule has 22 heavy (non-hydrogen) atoms. The van der Waals surface area contributed by atoms with E-state index in [4.69, 9.17) is 4.42 Å². The van der Waals surface area contributed by atoms with E-state index in [1.807, 2.05) is 45.9 Å². The summed E-state index contributed by atoms with van der Waals surface area (Å²) in [5.74, 6) is 1.49. The number of aromatic nitrogens is 1. The van der Waals surface area contributed by atoms with Gasteiger partial charge in [0, 0.05) is 11.3 Å². The monoisotopic (exact) mass is 303 g/mol. The van der Waals surface area contributed by atoms with Gasteiger partial charge in [-0.1, -0.05) is 0 Å². The highest BCUT2D eigenvalue weighted by Gasteiger charge is 2.13. The van der Waals surface area contributed by atoms with Crippen LogP contribution in [0.3, 0.4) is 0 Å². The zero-order chi connectivity index (χ0) is 16.3. The molecule has 6 nitrogen and oxygen atoms in total. The zero-order valence-electron chi connectivity index (χ0n) is 13.2. The Morgan fingerprint density at radius 2 is 2.05 bits per heavy atom. The number of carbonyl (C=O) groups is 1. The van der Waals surface area contributed by atoms with E-state index in [9.17, 15) is 9.59 Å². The predicted octanol–water partition coefficient (Wildman–Crippen LogP) is 2.45. The molecular formula is C16H21N3O3. The van der Waals surface area contributed by atoms with Crippen molar-refractivity contribution in [2.45, 2.75) is 40.3 Å². The third-order valence-electron chi connectivity index (χ3n) is 3.46. The van der Waals surface area contributed by atoms with Crippen LogP contribution in [-0.2, 0) is 6.54 Å². The summed E-state index contributed by atoms with van der Waals surface area (Å²) in [6, 6.07) is 4.97. The van der Waals surface area contributed by atoms with Gasteiger partial charge < -0.3 is 20.0 Å². The number of amides is 2. The van der Waals surface area contributed by atoms with Gasteiger partial charge in [0.2, 0.25) is 0 Å². The number of rotatable bonds is 4. The summed E-state index contributed by atoms with van der Waals surface area (Å²) in [6.45, 7) is 7.54. The van der Waals surface area contributed by atoms with Gasteiger partial charge in [-0.15, -0.1) is 0 Å². The lowest BCUT2D eigenvalue weighted by Crippen LogP contribution is -2.37. The third kappa shape index (κ3) is 3.78. The van der Waals surface area contributed by atoms with Gasteiger partial charge in [-0.2, -0.15) is 0 Å². The molecule has 2 aromatic rings. The van der Waals surface area contributed by atoms with Gasteiger partial charge in [0.1, 0.15) is 11.5 Å². The molecule has 0 aliphatic rings. The van der Waals surface area contributed by atoms with Crippen molar-refractivity contribution in [3.05, 3.63) is 56.9 Å². The molecule has 0 aliphatic carbocycles. The predicted molar refractivity (Wildman–Crippen MR) is 83.8 cm³/mol. The summed E-state index contributed by atoms with van der Waals surface area (Å²) in [6.07, 6.45) is 0. The minimum Gasteiger partial charge on any atom is -0.464 e. The van der Waals surface area contributed by atoms with Crippen molar-refractivity contribution < 1.29 is 9.21 Å². The minimum atomic E-state index is -0.346. The lowest BCUT2D eigenvalue weighted by atomic mass is 10.1. The topological polar surface area (TPSA) is 87.1 Å². The molecule has 0 spiro atoms. The molecular weight excluding hydrogens is 282 g/mol. The first-order valence-corrected chi connectivity index (χ1v) is 7.17. The van der Waals surface area contributed by atoms with Crippen molar-refractivity contribution >= 4 is 6.03 Å². The van der Waals surface area contributed by atoms with Crippen LogP contribution in [0.1, 0.15) is 41.3 Å². The lowest BCUT2D eigenvalue weighted by molar-refractivity contribution is 0.235. The normalized spacial score (nSPS) is 12.0. The number of hydrogen-bond donors (Lipinski definition) is 3.